The molecule has 2 aromatic rings. The third-order valence-electron chi connectivity index (χ3n) is 7.70. The molecule has 3 N–H and O–H groups in total. The van der Waals surface area contributed by atoms with Crippen molar-refractivity contribution in [3.05, 3.63) is 70.9 Å². The number of rotatable bonds is 7. The lowest BCUT2D eigenvalue weighted by Gasteiger charge is -2.41. The summed E-state index contributed by atoms with van der Waals surface area (Å²) in [6.07, 6.45) is 5.17. The van der Waals surface area contributed by atoms with E-state index in [0.29, 0.717) is 30.6 Å². The lowest BCUT2D eigenvalue weighted by atomic mass is 9.88. The molecule has 7 nitrogen and oxygen atoms in total. The molecule has 0 atom stereocenters. The van der Waals surface area contributed by atoms with Crippen LogP contribution in [-0.4, -0.2) is 67.1 Å². The van der Waals surface area contributed by atoms with Crippen LogP contribution in [0.3, 0.4) is 0 Å². The largest absolute Gasteiger partial charge is 0.404 e. The third-order valence-corrected chi connectivity index (χ3v) is 7.70. The van der Waals surface area contributed by atoms with Crippen molar-refractivity contribution in [1.29, 1.82) is 0 Å². The highest BCUT2D eigenvalue weighted by Gasteiger charge is 2.34. The number of carbonyl (C=O) groups excluding carboxylic acids is 2. The fourth-order valence-electron chi connectivity index (χ4n) is 5.12. The maximum absolute atomic E-state index is 13.3. The molecule has 0 unspecified atom stereocenters. The van der Waals surface area contributed by atoms with Crippen molar-refractivity contribution in [2.45, 2.75) is 45.6 Å². The molecule has 0 bridgehead atoms. The molecule has 0 aromatic heterocycles. The van der Waals surface area contributed by atoms with Gasteiger partial charge in [-0.3, -0.25) is 19.5 Å². The van der Waals surface area contributed by atoms with Gasteiger partial charge in [0.25, 0.3) is 5.91 Å². The van der Waals surface area contributed by atoms with E-state index in [9.17, 15) is 9.59 Å². The Kier molecular flexibility index (Phi) is 8.44. The highest BCUT2D eigenvalue weighted by molar-refractivity contribution is 6.09. The van der Waals surface area contributed by atoms with Crippen molar-refractivity contribution >= 4 is 29.3 Å². The van der Waals surface area contributed by atoms with Crippen molar-refractivity contribution in [3.63, 3.8) is 0 Å². The first-order valence-corrected chi connectivity index (χ1v) is 13.2. The molecule has 2 aromatic carbocycles. The Labute approximate surface area is 220 Å². The first-order valence-electron chi connectivity index (χ1n) is 13.2. The number of nitrogens with two attached hydrogens (primary N) is 1. The highest BCUT2D eigenvalue weighted by Crippen LogP contribution is 2.30. The van der Waals surface area contributed by atoms with Crippen LogP contribution in [0.25, 0.3) is 5.57 Å². The Balaban J connectivity index is 1.34. The summed E-state index contributed by atoms with van der Waals surface area (Å²) in [5, 5.41) is 3.07. The van der Waals surface area contributed by atoms with E-state index in [4.69, 9.17) is 5.73 Å². The van der Waals surface area contributed by atoms with E-state index in [1.165, 1.54) is 5.56 Å². The van der Waals surface area contributed by atoms with Crippen LogP contribution in [0.4, 0.5) is 5.69 Å². The number of aliphatic imine (C=N–C) groups is 1. The van der Waals surface area contributed by atoms with Gasteiger partial charge in [-0.25, -0.2) is 0 Å². The zero-order valence-electron chi connectivity index (χ0n) is 22.4. The van der Waals surface area contributed by atoms with Gasteiger partial charge in [0.2, 0.25) is 5.91 Å². The van der Waals surface area contributed by atoms with Crippen LogP contribution in [0.15, 0.2) is 53.7 Å². The summed E-state index contributed by atoms with van der Waals surface area (Å²) in [4.78, 5) is 34.3. The third kappa shape index (κ3) is 6.10. The molecular weight excluding hydrogens is 462 g/mol. The standard InChI is InChI=1S/C30H39N5O2/c1-20(2)35-18-27(19-35)29(36)33-28-15-25(6-5-21(28)3)30(37)34-13-11-24(12-14-34)22-7-9-23(10-8-22)26(16-31)17-32-4/h5-10,15-17,20,24,27H,11-14,18-19,31H2,1-4H3,(H,33,36). The zero-order valence-corrected chi connectivity index (χ0v) is 22.4. The Hall–Kier alpha value is -3.45. The lowest BCUT2D eigenvalue weighted by molar-refractivity contribution is -0.125. The van der Waals surface area contributed by atoms with Gasteiger partial charge in [0.15, 0.2) is 0 Å². The minimum Gasteiger partial charge on any atom is -0.404 e. The fourth-order valence-corrected chi connectivity index (χ4v) is 5.12. The first-order chi connectivity index (χ1) is 17.8. The second kappa shape index (κ2) is 11.7. The molecule has 0 saturated carbocycles. The van der Waals surface area contributed by atoms with Crippen molar-refractivity contribution in [1.82, 2.24) is 9.80 Å². The van der Waals surface area contributed by atoms with Crippen LogP contribution in [0, 0.1) is 12.8 Å². The van der Waals surface area contributed by atoms with Crippen molar-refractivity contribution < 1.29 is 9.59 Å². The summed E-state index contributed by atoms with van der Waals surface area (Å²) in [6.45, 7) is 9.25. The molecule has 2 heterocycles. The van der Waals surface area contributed by atoms with Gasteiger partial charge in [-0.15, -0.1) is 0 Å². The molecule has 0 spiro atoms. The summed E-state index contributed by atoms with van der Waals surface area (Å²) in [6, 6.07) is 14.6. The summed E-state index contributed by atoms with van der Waals surface area (Å²) in [7, 11) is 1.73. The monoisotopic (exact) mass is 501 g/mol. The number of anilines is 1. The predicted octanol–water partition coefficient (Wildman–Crippen LogP) is 4.29. The molecule has 7 heteroatoms. The van der Waals surface area contributed by atoms with Crippen LogP contribution in [0.1, 0.15) is 59.7 Å². The maximum atomic E-state index is 13.3. The fraction of sp³-hybridized carbons (Fsp3) is 0.433. The van der Waals surface area contributed by atoms with Crippen LogP contribution in [0.5, 0.6) is 0 Å². The SMILES string of the molecule is CN=CC(=CN)c1ccc(C2CCN(C(=O)c3ccc(C)c(NC(=O)C4CN(C(C)C)C4)c3)CC2)cc1. The average molecular weight is 502 g/mol. The first kappa shape index (κ1) is 26.6. The van der Waals surface area contributed by atoms with E-state index < -0.39 is 0 Å². The van der Waals surface area contributed by atoms with Crippen LogP contribution < -0.4 is 11.1 Å². The van der Waals surface area contributed by atoms with Gasteiger partial charge in [-0.1, -0.05) is 30.3 Å². The minimum atomic E-state index is 0.00643. The van der Waals surface area contributed by atoms with E-state index in [1.807, 2.05) is 30.0 Å². The van der Waals surface area contributed by atoms with E-state index in [-0.39, 0.29) is 17.7 Å². The van der Waals surface area contributed by atoms with Gasteiger partial charge < -0.3 is 16.0 Å². The molecule has 4 rings (SSSR count). The van der Waals surface area contributed by atoms with E-state index in [0.717, 1.165) is 48.3 Å². The molecule has 0 radical (unpaired) electrons. The van der Waals surface area contributed by atoms with Crippen molar-refractivity contribution in [2.75, 3.05) is 38.5 Å². The molecule has 2 amide bonds. The number of nitrogens with zero attached hydrogens (tertiary/aromatic N) is 3. The number of hydrogen-bond donors (Lipinski definition) is 2. The van der Waals surface area contributed by atoms with Crippen molar-refractivity contribution in [2.24, 2.45) is 16.6 Å². The number of allylic oxidation sites excluding steroid dienone is 1. The Morgan fingerprint density at radius 3 is 2.30 bits per heavy atom. The molecule has 196 valence electrons. The molecule has 2 aliphatic heterocycles. The van der Waals surface area contributed by atoms with Gasteiger partial charge in [-0.2, -0.15) is 0 Å². The number of likely N-dealkylation sites (tertiary alicyclic amines) is 2. The second-order valence-electron chi connectivity index (χ2n) is 10.5. The Morgan fingerprint density at radius 2 is 1.70 bits per heavy atom. The summed E-state index contributed by atoms with van der Waals surface area (Å²) >= 11 is 0. The zero-order chi connectivity index (χ0) is 26.5. The molecule has 2 saturated heterocycles. The van der Waals surface area contributed by atoms with E-state index >= 15 is 0 Å². The predicted molar refractivity (Wildman–Crippen MR) is 151 cm³/mol. The summed E-state index contributed by atoms with van der Waals surface area (Å²) < 4.78 is 0. The van der Waals surface area contributed by atoms with Gasteiger partial charge in [0, 0.05) is 68.5 Å². The van der Waals surface area contributed by atoms with Gasteiger partial charge >= 0.3 is 0 Å². The molecule has 37 heavy (non-hydrogen) atoms. The van der Waals surface area contributed by atoms with Gasteiger partial charge in [0.05, 0.1) is 5.92 Å². The van der Waals surface area contributed by atoms with Gasteiger partial charge in [0.1, 0.15) is 0 Å². The maximum Gasteiger partial charge on any atom is 0.253 e. The van der Waals surface area contributed by atoms with Crippen LogP contribution in [-0.2, 0) is 4.79 Å². The number of amides is 2. The summed E-state index contributed by atoms with van der Waals surface area (Å²) in [5.41, 5.74) is 11.3. The van der Waals surface area contributed by atoms with E-state index in [2.05, 4.69) is 53.3 Å². The number of hydrogen-bond acceptors (Lipinski definition) is 5. The molecular formula is C30H39N5O2. The quantitative estimate of drug-likeness (QED) is 0.554. The number of aryl methyl sites for hydroxylation is 1. The highest BCUT2D eigenvalue weighted by atomic mass is 16.2. The average Bonchev–Trinajstić information content (AvgIpc) is 2.87. The number of nitrogens with one attached hydrogen (secondary N) is 1. The number of benzene rings is 2. The minimum absolute atomic E-state index is 0.00643. The Morgan fingerprint density at radius 1 is 1.05 bits per heavy atom. The second-order valence-corrected chi connectivity index (χ2v) is 10.5. The molecule has 0 aliphatic carbocycles. The smallest absolute Gasteiger partial charge is 0.253 e. The topological polar surface area (TPSA) is 91.0 Å². The normalized spacial score (nSPS) is 17.9. The van der Waals surface area contributed by atoms with Crippen molar-refractivity contribution in [3.8, 4) is 0 Å². The Bertz CT molecular complexity index is 1170. The van der Waals surface area contributed by atoms with Gasteiger partial charge in [-0.05, 0) is 68.4 Å². The molecule has 2 fully saturated rings. The molecule has 2 aliphatic rings. The number of carbonyl (C=O) groups is 2. The number of piperidine rings is 1. The van der Waals surface area contributed by atoms with Crippen LogP contribution >= 0.6 is 0 Å². The summed E-state index contributed by atoms with van der Waals surface area (Å²) in [5.74, 6) is 0.485. The van der Waals surface area contributed by atoms with E-state index in [1.54, 1.807) is 19.5 Å². The lowest BCUT2D eigenvalue weighted by Crippen LogP contribution is -2.54. The van der Waals surface area contributed by atoms with Crippen LogP contribution in [0.2, 0.25) is 0 Å².